The second-order valence-electron chi connectivity index (χ2n) is 4.25. The van der Waals surface area contributed by atoms with Crippen molar-refractivity contribution < 1.29 is 41.5 Å². The van der Waals surface area contributed by atoms with Gasteiger partial charge in [-0.25, -0.2) is 8.78 Å². The molecule has 1 radical (unpaired) electrons. The molecule has 21 heavy (non-hydrogen) atoms. The molecule has 0 saturated carbocycles. The van der Waals surface area contributed by atoms with Crippen LogP contribution in [0.1, 0.15) is 5.56 Å². The van der Waals surface area contributed by atoms with Crippen LogP contribution in [0.3, 0.4) is 0 Å². The van der Waals surface area contributed by atoms with E-state index in [-0.39, 0.29) is 32.7 Å². The SMILES string of the molecule is Cc1c[c-]c(-c2ccc(Cl)cc2Br)n(CC(F)F)c1=O.[Y]. The molecule has 0 N–H and O–H groups in total. The van der Waals surface area contributed by atoms with Gasteiger partial charge < -0.3 is 4.57 Å². The van der Waals surface area contributed by atoms with Gasteiger partial charge in [0.2, 0.25) is 0 Å². The molecule has 1 heterocycles. The summed E-state index contributed by atoms with van der Waals surface area (Å²) in [5, 5.41) is 0.510. The van der Waals surface area contributed by atoms with Crippen molar-refractivity contribution in [2.45, 2.75) is 19.9 Å². The summed E-state index contributed by atoms with van der Waals surface area (Å²) in [7, 11) is 0. The molecule has 2 rings (SSSR count). The average Bonchev–Trinajstić information content (AvgIpc) is 2.36. The fraction of sp³-hybridized carbons (Fsp3) is 0.214. The van der Waals surface area contributed by atoms with Crippen molar-refractivity contribution in [2.24, 2.45) is 0 Å². The summed E-state index contributed by atoms with van der Waals surface area (Å²) in [6, 6.07) is 9.32. The first kappa shape index (κ1) is 19.0. The van der Waals surface area contributed by atoms with Crippen molar-refractivity contribution >= 4 is 27.5 Å². The smallest absolute Gasteiger partial charge is 0.256 e. The number of alkyl halides is 2. The summed E-state index contributed by atoms with van der Waals surface area (Å²) in [5.74, 6) is 0. The third kappa shape index (κ3) is 4.44. The molecule has 0 aliphatic rings. The molecule has 0 unspecified atom stereocenters. The summed E-state index contributed by atoms with van der Waals surface area (Å²) < 4.78 is 27.0. The maximum atomic E-state index is 12.7. The summed E-state index contributed by atoms with van der Waals surface area (Å²) in [4.78, 5) is 12.0. The molecule has 7 heteroatoms. The van der Waals surface area contributed by atoms with Crippen LogP contribution in [0.15, 0.2) is 33.5 Å². The zero-order valence-electron chi connectivity index (χ0n) is 11.0. The number of aryl methyl sites for hydroxylation is 1. The van der Waals surface area contributed by atoms with Crippen molar-refractivity contribution in [1.82, 2.24) is 4.57 Å². The average molecular weight is 450 g/mol. The first-order valence-corrected chi connectivity index (χ1v) is 6.93. The predicted octanol–water partition coefficient (Wildman–Crippen LogP) is 4.30. The summed E-state index contributed by atoms with van der Waals surface area (Å²) >= 11 is 9.18. The van der Waals surface area contributed by atoms with Gasteiger partial charge in [0.05, 0.1) is 6.54 Å². The van der Waals surface area contributed by atoms with Gasteiger partial charge in [-0.1, -0.05) is 57.3 Å². The summed E-state index contributed by atoms with van der Waals surface area (Å²) in [6.45, 7) is 0.906. The molecule has 109 valence electrons. The fourth-order valence-corrected chi connectivity index (χ4v) is 2.72. The molecule has 0 bridgehead atoms. The minimum absolute atomic E-state index is 0. The monoisotopic (exact) mass is 449 g/mol. The molecule has 0 fully saturated rings. The Bertz CT molecular complexity index is 706. The van der Waals surface area contributed by atoms with E-state index in [1.54, 1.807) is 25.1 Å². The van der Waals surface area contributed by atoms with Gasteiger partial charge in [-0.2, -0.15) is 12.1 Å². The molecular weight excluding hydrogens is 440 g/mol. The molecule has 0 atom stereocenters. The zero-order chi connectivity index (χ0) is 14.9. The van der Waals surface area contributed by atoms with E-state index in [2.05, 4.69) is 22.0 Å². The number of rotatable bonds is 3. The Morgan fingerprint density at radius 3 is 2.67 bits per heavy atom. The van der Waals surface area contributed by atoms with E-state index in [9.17, 15) is 13.6 Å². The first-order valence-electron chi connectivity index (χ1n) is 5.76. The van der Waals surface area contributed by atoms with E-state index >= 15 is 0 Å². The van der Waals surface area contributed by atoms with Crippen LogP contribution in [0.5, 0.6) is 0 Å². The molecule has 0 saturated heterocycles. The Hall–Kier alpha value is -0.0961. The van der Waals surface area contributed by atoms with E-state index in [4.69, 9.17) is 11.6 Å². The first-order chi connectivity index (χ1) is 9.40. The molecule has 2 aromatic rings. The fourth-order valence-electron chi connectivity index (χ4n) is 1.85. The Kier molecular flexibility index (Phi) is 7.18. The van der Waals surface area contributed by atoms with Crippen LogP contribution in [-0.2, 0) is 39.3 Å². The van der Waals surface area contributed by atoms with Crippen molar-refractivity contribution in [3.63, 3.8) is 0 Å². The van der Waals surface area contributed by atoms with E-state index in [0.29, 0.717) is 26.3 Å². The van der Waals surface area contributed by atoms with Crippen LogP contribution < -0.4 is 5.56 Å². The molecular formula is C14H10BrClF2NOY-. The molecule has 0 aliphatic carbocycles. The zero-order valence-corrected chi connectivity index (χ0v) is 16.2. The minimum atomic E-state index is -2.62. The van der Waals surface area contributed by atoms with Crippen molar-refractivity contribution in [2.75, 3.05) is 0 Å². The van der Waals surface area contributed by atoms with Gasteiger partial charge in [0, 0.05) is 37.7 Å². The number of nitrogens with zero attached hydrogens (tertiary/aromatic N) is 1. The Balaban J connectivity index is 0.00000220. The number of benzene rings is 1. The van der Waals surface area contributed by atoms with Gasteiger partial charge in [0.15, 0.2) is 5.56 Å². The molecule has 2 nitrogen and oxygen atoms in total. The third-order valence-electron chi connectivity index (χ3n) is 2.78. The summed E-state index contributed by atoms with van der Waals surface area (Å²) in [6.07, 6.45) is -2.62. The minimum Gasteiger partial charge on any atom is -0.336 e. The maximum Gasteiger partial charge on any atom is 0.256 e. The molecule has 0 spiro atoms. The van der Waals surface area contributed by atoms with Gasteiger partial charge in [0.1, 0.15) is 0 Å². The van der Waals surface area contributed by atoms with Crippen LogP contribution in [0.25, 0.3) is 11.3 Å². The van der Waals surface area contributed by atoms with Crippen molar-refractivity contribution in [3.8, 4) is 11.3 Å². The van der Waals surface area contributed by atoms with Gasteiger partial charge in [-0.05, 0) is 10.5 Å². The second-order valence-corrected chi connectivity index (χ2v) is 5.54. The van der Waals surface area contributed by atoms with Crippen LogP contribution in [0.4, 0.5) is 8.78 Å². The summed E-state index contributed by atoms with van der Waals surface area (Å²) in [5.41, 5.74) is 0.831. The Morgan fingerprint density at radius 1 is 1.43 bits per heavy atom. The van der Waals surface area contributed by atoms with Gasteiger partial charge in [-0.15, -0.1) is 6.07 Å². The van der Waals surface area contributed by atoms with Crippen LogP contribution >= 0.6 is 27.5 Å². The van der Waals surface area contributed by atoms with Gasteiger partial charge in [-0.3, -0.25) is 4.79 Å². The Morgan fingerprint density at radius 2 is 2.10 bits per heavy atom. The largest absolute Gasteiger partial charge is 0.336 e. The van der Waals surface area contributed by atoms with E-state index in [1.807, 2.05) is 0 Å². The standard InChI is InChI=1S/C14H10BrClF2NO.Y/c1-8-2-5-12(19(14(8)20)7-13(17)18)10-4-3-9(16)6-11(10)15;/h2-4,6,13H,7H2,1H3;/q-1;. The number of halogens is 4. The third-order valence-corrected chi connectivity index (χ3v) is 3.68. The second kappa shape index (κ2) is 7.95. The number of hydrogen-bond acceptors (Lipinski definition) is 1. The number of hydrogen-bond donors (Lipinski definition) is 0. The maximum absolute atomic E-state index is 12.7. The van der Waals surface area contributed by atoms with Crippen molar-refractivity contribution in [1.29, 1.82) is 0 Å². The normalized spacial score (nSPS) is 10.6. The van der Waals surface area contributed by atoms with Crippen LogP contribution in [-0.4, -0.2) is 11.0 Å². The molecule has 0 aliphatic heterocycles. The van der Waals surface area contributed by atoms with Crippen LogP contribution in [0.2, 0.25) is 5.02 Å². The van der Waals surface area contributed by atoms with Gasteiger partial charge in [0.25, 0.3) is 6.43 Å². The molecule has 1 aromatic carbocycles. The van der Waals surface area contributed by atoms with Gasteiger partial charge >= 0.3 is 0 Å². The van der Waals surface area contributed by atoms with Crippen molar-refractivity contribution in [3.05, 3.63) is 55.7 Å². The number of pyridine rings is 1. The molecule has 0 amide bonds. The topological polar surface area (TPSA) is 22.0 Å². The van der Waals surface area contributed by atoms with E-state index < -0.39 is 18.5 Å². The van der Waals surface area contributed by atoms with E-state index in [0.717, 1.165) is 4.57 Å². The Labute approximate surface area is 159 Å². The number of aromatic nitrogens is 1. The van der Waals surface area contributed by atoms with E-state index in [1.165, 1.54) is 6.07 Å². The van der Waals surface area contributed by atoms with Crippen LogP contribution in [0, 0.1) is 13.0 Å². The quantitative estimate of drug-likeness (QED) is 0.639. The predicted molar refractivity (Wildman–Crippen MR) is 78.4 cm³/mol. The molecule has 1 aromatic heterocycles.